The van der Waals surface area contributed by atoms with E-state index >= 15 is 0 Å². The number of hydrogen-bond donors (Lipinski definition) is 1. The first-order valence-corrected chi connectivity index (χ1v) is 8.19. The molecule has 4 nitrogen and oxygen atoms in total. The van der Waals surface area contributed by atoms with Crippen LogP contribution in [0, 0.1) is 29.9 Å². The van der Waals surface area contributed by atoms with E-state index in [4.69, 9.17) is 4.74 Å². The zero-order chi connectivity index (χ0) is 19.3. The Morgan fingerprint density at radius 1 is 1.19 bits per heavy atom. The molecule has 2 rings (SSSR count). The van der Waals surface area contributed by atoms with Crippen molar-refractivity contribution in [2.75, 3.05) is 6.61 Å². The van der Waals surface area contributed by atoms with Gasteiger partial charge in [0.1, 0.15) is 23.4 Å². The molecule has 0 saturated carbocycles. The molecule has 0 aliphatic rings. The molecule has 2 aromatic rings. The Hall–Kier alpha value is -2.94. The minimum Gasteiger partial charge on any atom is -0.483 e. The quantitative estimate of drug-likeness (QED) is 0.843. The minimum absolute atomic E-state index is 0.0966. The number of nitriles is 1. The number of nitrogens with zero attached hydrogens (tertiary/aromatic N) is 1. The summed E-state index contributed by atoms with van der Waals surface area (Å²) in [5.41, 5.74) is 1.86. The van der Waals surface area contributed by atoms with Gasteiger partial charge in [-0.25, -0.2) is 8.78 Å². The number of hydrogen-bond acceptors (Lipinski definition) is 3. The molecule has 0 spiro atoms. The van der Waals surface area contributed by atoms with Gasteiger partial charge in [0.25, 0.3) is 5.91 Å². The van der Waals surface area contributed by atoms with E-state index in [1.54, 1.807) is 6.07 Å². The molecule has 0 heterocycles. The van der Waals surface area contributed by atoms with E-state index in [2.05, 4.69) is 5.32 Å². The van der Waals surface area contributed by atoms with Gasteiger partial charge in [-0.3, -0.25) is 4.79 Å². The molecule has 6 heteroatoms. The third-order valence-electron chi connectivity index (χ3n) is 3.86. The molecule has 1 N–H and O–H groups in total. The number of amides is 1. The molecule has 26 heavy (non-hydrogen) atoms. The summed E-state index contributed by atoms with van der Waals surface area (Å²) in [5, 5.41) is 11.6. The second-order valence-electron chi connectivity index (χ2n) is 6.28. The first-order valence-electron chi connectivity index (χ1n) is 8.19. The van der Waals surface area contributed by atoms with Crippen molar-refractivity contribution in [2.45, 2.75) is 32.7 Å². The van der Waals surface area contributed by atoms with Gasteiger partial charge in [-0.1, -0.05) is 32.0 Å². The van der Waals surface area contributed by atoms with Crippen LogP contribution in [0.4, 0.5) is 8.78 Å². The number of rotatable bonds is 6. The van der Waals surface area contributed by atoms with Crippen LogP contribution in [0.2, 0.25) is 0 Å². The Kier molecular flexibility index (Phi) is 6.29. The van der Waals surface area contributed by atoms with Crippen molar-refractivity contribution >= 4 is 5.91 Å². The van der Waals surface area contributed by atoms with Crippen LogP contribution in [0.3, 0.4) is 0 Å². The van der Waals surface area contributed by atoms with Crippen molar-refractivity contribution < 1.29 is 18.3 Å². The van der Waals surface area contributed by atoms with Crippen LogP contribution in [0.25, 0.3) is 0 Å². The number of carbonyl (C=O) groups excluding carboxylic acids is 1. The molecule has 0 aliphatic carbocycles. The average Bonchev–Trinajstić information content (AvgIpc) is 2.58. The van der Waals surface area contributed by atoms with Crippen molar-refractivity contribution in [3.05, 3.63) is 64.7 Å². The zero-order valence-corrected chi connectivity index (χ0v) is 14.8. The smallest absolute Gasteiger partial charge is 0.259 e. The molecular weight excluding hydrogens is 338 g/mol. The van der Waals surface area contributed by atoms with Gasteiger partial charge in [0.05, 0.1) is 6.07 Å². The fourth-order valence-electron chi connectivity index (χ4n) is 2.50. The second-order valence-corrected chi connectivity index (χ2v) is 6.28. The van der Waals surface area contributed by atoms with Crippen LogP contribution in [0.15, 0.2) is 36.4 Å². The third kappa shape index (κ3) is 4.79. The van der Waals surface area contributed by atoms with Gasteiger partial charge in [0.2, 0.25) is 0 Å². The van der Waals surface area contributed by atoms with E-state index in [1.807, 2.05) is 39.0 Å². The lowest BCUT2D eigenvalue weighted by molar-refractivity contribution is -0.123. The molecule has 0 radical (unpaired) electrons. The second kappa shape index (κ2) is 8.43. The highest BCUT2D eigenvalue weighted by Crippen LogP contribution is 2.27. The number of carbonyl (C=O) groups is 1. The molecule has 0 aromatic heterocycles. The monoisotopic (exact) mass is 358 g/mol. The minimum atomic E-state index is -1.23. The van der Waals surface area contributed by atoms with E-state index in [0.717, 1.165) is 23.3 Å². The Balaban J connectivity index is 2.06. The summed E-state index contributed by atoms with van der Waals surface area (Å²) >= 11 is 0. The lowest BCUT2D eigenvalue weighted by Gasteiger charge is -2.16. The van der Waals surface area contributed by atoms with E-state index in [1.165, 1.54) is 0 Å². The summed E-state index contributed by atoms with van der Waals surface area (Å²) in [6, 6.07) is 9.15. The summed E-state index contributed by atoms with van der Waals surface area (Å²) in [5.74, 6) is -1.40. The maximum Gasteiger partial charge on any atom is 0.259 e. The maximum atomic E-state index is 13.8. The standard InChI is InChI=1S/C20H20F2N2O2/c1-12(2)15-6-4-13(3)8-19(15)26-11-20(25)24-18(10-23)16-7-5-14(21)9-17(16)22/h4-9,12,18H,11H2,1-3H3,(H,24,25). The number of ether oxygens (including phenoxy) is 1. The fraction of sp³-hybridized carbons (Fsp3) is 0.300. The highest BCUT2D eigenvalue weighted by Gasteiger charge is 2.19. The lowest BCUT2D eigenvalue weighted by Crippen LogP contribution is -2.32. The third-order valence-corrected chi connectivity index (χ3v) is 3.86. The summed E-state index contributed by atoms with van der Waals surface area (Å²) in [6.07, 6.45) is 0. The number of aryl methyl sites for hydroxylation is 1. The van der Waals surface area contributed by atoms with Gasteiger partial charge in [-0.15, -0.1) is 0 Å². The van der Waals surface area contributed by atoms with Crippen molar-refractivity contribution in [3.8, 4) is 11.8 Å². The van der Waals surface area contributed by atoms with Crippen LogP contribution in [0.5, 0.6) is 5.75 Å². The Labute approximate surface area is 151 Å². The highest BCUT2D eigenvalue weighted by atomic mass is 19.1. The van der Waals surface area contributed by atoms with Crippen LogP contribution < -0.4 is 10.1 Å². The van der Waals surface area contributed by atoms with Crippen molar-refractivity contribution in [2.24, 2.45) is 0 Å². The normalized spacial score (nSPS) is 11.7. The van der Waals surface area contributed by atoms with E-state index in [9.17, 15) is 18.8 Å². The fourth-order valence-corrected chi connectivity index (χ4v) is 2.50. The molecule has 0 fully saturated rings. The molecule has 0 aliphatic heterocycles. The van der Waals surface area contributed by atoms with E-state index in [0.29, 0.717) is 11.8 Å². The molecule has 2 aromatic carbocycles. The number of benzene rings is 2. The first kappa shape index (κ1) is 19.4. The van der Waals surface area contributed by atoms with Crippen molar-refractivity contribution in [3.63, 3.8) is 0 Å². The maximum absolute atomic E-state index is 13.8. The molecule has 136 valence electrons. The van der Waals surface area contributed by atoms with Gasteiger partial charge in [-0.2, -0.15) is 5.26 Å². The van der Waals surface area contributed by atoms with Gasteiger partial charge >= 0.3 is 0 Å². The highest BCUT2D eigenvalue weighted by molar-refractivity contribution is 5.78. The first-order chi connectivity index (χ1) is 12.3. The van der Waals surface area contributed by atoms with Gasteiger partial charge in [0, 0.05) is 11.6 Å². The van der Waals surface area contributed by atoms with Crippen LogP contribution in [-0.4, -0.2) is 12.5 Å². The van der Waals surface area contributed by atoms with Crippen LogP contribution in [-0.2, 0) is 4.79 Å². The van der Waals surface area contributed by atoms with E-state index < -0.39 is 23.6 Å². The SMILES string of the molecule is Cc1ccc(C(C)C)c(OCC(=O)NC(C#N)c2ccc(F)cc2F)c1. The average molecular weight is 358 g/mol. The van der Waals surface area contributed by atoms with Gasteiger partial charge < -0.3 is 10.1 Å². The van der Waals surface area contributed by atoms with Gasteiger partial charge in [-0.05, 0) is 36.1 Å². The van der Waals surface area contributed by atoms with Crippen molar-refractivity contribution in [1.29, 1.82) is 5.26 Å². The summed E-state index contributed by atoms with van der Waals surface area (Å²) in [6.45, 7) is 5.63. The molecule has 1 unspecified atom stereocenters. The van der Waals surface area contributed by atoms with Crippen LogP contribution >= 0.6 is 0 Å². The Morgan fingerprint density at radius 3 is 2.50 bits per heavy atom. The zero-order valence-electron chi connectivity index (χ0n) is 14.8. The number of halogens is 2. The molecular formula is C20H20F2N2O2. The van der Waals surface area contributed by atoms with Crippen LogP contribution in [0.1, 0.15) is 42.5 Å². The molecule has 1 amide bonds. The number of nitrogens with one attached hydrogen (secondary N) is 1. The molecule has 0 bridgehead atoms. The van der Waals surface area contributed by atoms with E-state index in [-0.39, 0.29) is 18.1 Å². The lowest BCUT2D eigenvalue weighted by atomic mass is 10.0. The predicted molar refractivity (Wildman–Crippen MR) is 93.6 cm³/mol. The Morgan fingerprint density at radius 2 is 1.88 bits per heavy atom. The predicted octanol–water partition coefficient (Wildman–Crippen LogP) is 4.16. The largest absolute Gasteiger partial charge is 0.483 e. The summed E-state index contributed by atoms with van der Waals surface area (Å²) in [7, 11) is 0. The summed E-state index contributed by atoms with van der Waals surface area (Å²) in [4.78, 5) is 12.1. The molecule has 0 saturated heterocycles. The van der Waals surface area contributed by atoms with Crippen molar-refractivity contribution in [1.82, 2.24) is 5.32 Å². The Bertz CT molecular complexity index is 844. The topological polar surface area (TPSA) is 62.1 Å². The summed E-state index contributed by atoms with van der Waals surface area (Å²) < 4.78 is 32.4. The van der Waals surface area contributed by atoms with Gasteiger partial charge in [0.15, 0.2) is 6.61 Å². The molecule has 1 atom stereocenters.